The van der Waals surface area contributed by atoms with E-state index in [4.69, 9.17) is 28.9 Å². The van der Waals surface area contributed by atoms with Gasteiger partial charge in [-0.1, -0.05) is 35.3 Å². The number of amides is 1. The van der Waals surface area contributed by atoms with Gasteiger partial charge in [0.2, 0.25) is 0 Å². The van der Waals surface area contributed by atoms with Gasteiger partial charge in [0.1, 0.15) is 12.1 Å². The van der Waals surface area contributed by atoms with E-state index in [2.05, 4.69) is 20.3 Å². The van der Waals surface area contributed by atoms with Crippen LogP contribution in [0.1, 0.15) is 5.56 Å². The number of hydrogen-bond donors (Lipinski definition) is 2. The Hall–Kier alpha value is -2.61. The van der Waals surface area contributed by atoms with E-state index >= 15 is 0 Å². The van der Waals surface area contributed by atoms with Crippen molar-refractivity contribution in [3.63, 3.8) is 0 Å². The fourth-order valence-corrected chi connectivity index (χ4v) is 3.83. The van der Waals surface area contributed by atoms with Crippen molar-refractivity contribution in [1.29, 1.82) is 0 Å². The number of para-hydroxylation sites is 1. The maximum atomic E-state index is 12.2. The number of nitrogens with two attached hydrogens (primary N) is 1. The summed E-state index contributed by atoms with van der Waals surface area (Å²) in [6.45, 7) is 0. The molecule has 1 aromatic heterocycles. The molecule has 0 saturated carbocycles. The van der Waals surface area contributed by atoms with Gasteiger partial charge in [0, 0.05) is 5.39 Å². The van der Waals surface area contributed by atoms with E-state index in [-0.39, 0.29) is 5.91 Å². The Morgan fingerprint density at radius 2 is 1.89 bits per heavy atom. The maximum Gasteiger partial charge on any atom is 0.286 e. The predicted octanol–water partition coefficient (Wildman–Crippen LogP) is 4.60. The molecule has 0 radical (unpaired) electrons. The summed E-state index contributed by atoms with van der Waals surface area (Å²) in [4.78, 5) is 24.9. The largest absolute Gasteiger partial charge is 0.383 e. The van der Waals surface area contributed by atoms with Gasteiger partial charge < -0.3 is 11.1 Å². The van der Waals surface area contributed by atoms with Crippen molar-refractivity contribution in [2.45, 2.75) is 0 Å². The molecular formula is C18H11Cl2N5OS. The fraction of sp³-hybridized carbons (Fsp3) is 0. The fourth-order valence-electron chi connectivity index (χ4n) is 2.52. The first-order valence-electron chi connectivity index (χ1n) is 7.75. The number of nitrogens with one attached hydrogen (secondary N) is 1. The monoisotopic (exact) mass is 415 g/mol. The zero-order valence-corrected chi connectivity index (χ0v) is 15.9. The van der Waals surface area contributed by atoms with Crippen LogP contribution in [0.2, 0.25) is 10.0 Å². The zero-order chi connectivity index (χ0) is 19.0. The number of rotatable bonds is 2. The maximum absolute atomic E-state index is 12.2. The van der Waals surface area contributed by atoms with Crippen molar-refractivity contribution in [2.75, 3.05) is 11.1 Å². The van der Waals surface area contributed by atoms with Crippen molar-refractivity contribution < 1.29 is 4.79 Å². The van der Waals surface area contributed by atoms with Crippen LogP contribution in [0.3, 0.4) is 0 Å². The second kappa shape index (κ2) is 7.19. The lowest BCUT2D eigenvalue weighted by molar-refractivity contribution is -0.113. The van der Waals surface area contributed by atoms with E-state index < -0.39 is 0 Å². The number of anilines is 2. The van der Waals surface area contributed by atoms with Crippen molar-refractivity contribution in [2.24, 2.45) is 4.99 Å². The summed E-state index contributed by atoms with van der Waals surface area (Å²) in [6, 6.07) is 10.7. The summed E-state index contributed by atoms with van der Waals surface area (Å²) >= 11 is 13.5. The molecule has 0 bridgehead atoms. The van der Waals surface area contributed by atoms with Crippen molar-refractivity contribution in [3.05, 3.63) is 63.2 Å². The number of halogens is 2. The number of carbonyl (C=O) groups is 1. The van der Waals surface area contributed by atoms with E-state index in [0.717, 1.165) is 16.5 Å². The van der Waals surface area contributed by atoms with Crippen LogP contribution < -0.4 is 11.1 Å². The molecular weight excluding hydrogens is 405 g/mol. The van der Waals surface area contributed by atoms with E-state index in [0.29, 0.717) is 31.6 Å². The second-order valence-corrected chi connectivity index (χ2v) is 7.43. The average molecular weight is 416 g/mol. The summed E-state index contributed by atoms with van der Waals surface area (Å²) in [6.07, 6.45) is 3.16. The average Bonchev–Trinajstić information content (AvgIpc) is 2.98. The highest BCUT2D eigenvalue weighted by atomic mass is 35.5. The predicted molar refractivity (Wildman–Crippen MR) is 112 cm³/mol. The Balaban J connectivity index is 1.60. The molecule has 1 aliphatic rings. The molecule has 0 aliphatic carbocycles. The number of carbonyl (C=O) groups excluding carboxylic acids is 1. The minimum Gasteiger partial charge on any atom is -0.383 e. The van der Waals surface area contributed by atoms with E-state index in [1.54, 1.807) is 24.3 Å². The lowest BCUT2D eigenvalue weighted by atomic mass is 10.1. The molecule has 2 aromatic carbocycles. The molecule has 0 unspecified atom stereocenters. The summed E-state index contributed by atoms with van der Waals surface area (Å²) in [5, 5.41) is 5.03. The summed E-state index contributed by atoms with van der Waals surface area (Å²) in [5.41, 5.74) is 7.94. The molecule has 1 amide bonds. The number of thioether (sulfide) groups is 1. The van der Waals surface area contributed by atoms with E-state index in [9.17, 15) is 4.79 Å². The summed E-state index contributed by atoms with van der Waals surface area (Å²) in [5.74, 6) is 0.0423. The Morgan fingerprint density at radius 1 is 1.11 bits per heavy atom. The molecule has 6 nitrogen and oxygen atoms in total. The van der Waals surface area contributed by atoms with Crippen LogP contribution in [-0.4, -0.2) is 21.0 Å². The first-order valence-corrected chi connectivity index (χ1v) is 9.32. The van der Waals surface area contributed by atoms with Crippen molar-refractivity contribution in [3.8, 4) is 0 Å². The Morgan fingerprint density at radius 3 is 2.67 bits per heavy atom. The topological polar surface area (TPSA) is 93.3 Å². The van der Waals surface area contributed by atoms with Gasteiger partial charge >= 0.3 is 0 Å². The minimum absolute atomic E-state index is 0.344. The number of benzene rings is 2. The summed E-state index contributed by atoms with van der Waals surface area (Å²) in [7, 11) is 0. The van der Waals surface area contributed by atoms with Crippen LogP contribution >= 0.6 is 35.0 Å². The molecule has 9 heteroatoms. The van der Waals surface area contributed by atoms with Crippen LogP contribution in [-0.2, 0) is 4.79 Å². The highest BCUT2D eigenvalue weighted by molar-refractivity contribution is 8.18. The highest BCUT2D eigenvalue weighted by Crippen LogP contribution is 2.34. The number of amidine groups is 1. The first-order chi connectivity index (χ1) is 13.0. The van der Waals surface area contributed by atoms with Crippen molar-refractivity contribution in [1.82, 2.24) is 9.97 Å². The third-order valence-corrected chi connectivity index (χ3v) is 5.33. The molecule has 3 N–H and O–H groups in total. The Kier molecular flexibility index (Phi) is 4.73. The lowest BCUT2D eigenvalue weighted by Gasteiger charge is -2.08. The number of aliphatic imine (C=N–C) groups is 1. The van der Waals surface area contributed by atoms with Gasteiger partial charge in [-0.3, -0.25) is 4.79 Å². The number of nitrogen functional groups attached to an aromatic ring is 1. The number of fused-ring (bicyclic) bond motifs is 1. The molecule has 0 saturated heterocycles. The highest BCUT2D eigenvalue weighted by Gasteiger charge is 2.23. The molecule has 4 rings (SSSR count). The van der Waals surface area contributed by atoms with Gasteiger partial charge in [-0.15, -0.1) is 0 Å². The van der Waals surface area contributed by atoms with Gasteiger partial charge in [0.25, 0.3) is 5.91 Å². The van der Waals surface area contributed by atoms with Gasteiger partial charge in [-0.05, 0) is 47.7 Å². The van der Waals surface area contributed by atoms with E-state index in [1.807, 2.05) is 18.2 Å². The first kappa shape index (κ1) is 17.8. The van der Waals surface area contributed by atoms with Gasteiger partial charge in [-0.2, -0.15) is 4.99 Å². The third kappa shape index (κ3) is 3.62. The third-order valence-electron chi connectivity index (χ3n) is 3.80. The normalized spacial score (nSPS) is 15.4. The molecule has 134 valence electrons. The van der Waals surface area contributed by atoms with E-state index in [1.165, 1.54) is 18.1 Å². The van der Waals surface area contributed by atoms with Crippen LogP contribution in [0.4, 0.5) is 11.5 Å². The molecule has 1 aliphatic heterocycles. The standard InChI is InChI=1S/C18H11Cl2N5OS/c19-11-2-1-3-12(20)15(11)24-18-25-17(26)14(27-18)7-9-4-5-13-10(6-9)16(21)23-8-22-13/h1-8H,(H2,21,22,23)(H,24,25,26)/b14-7-. The van der Waals surface area contributed by atoms with Gasteiger partial charge in [0.15, 0.2) is 5.17 Å². The number of aromatic nitrogens is 2. The molecule has 27 heavy (non-hydrogen) atoms. The number of nitrogens with zero attached hydrogens (tertiary/aromatic N) is 3. The molecule has 0 spiro atoms. The quantitative estimate of drug-likeness (QED) is 0.593. The van der Waals surface area contributed by atoms with Crippen LogP contribution in [0.15, 0.2) is 52.6 Å². The zero-order valence-electron chi connectivity index (χ0n) is 13.6. The van der Waals surface area contributed by atoms with Gasteiger partial charge in [0.05, 0.1) is 26.2 Å². The Bertz CT molecular complexity index is 1130. The SMILES string of the molecule is Nc1ncnc2ccc(/C=C3\SC(Nc4c(Cl)cccc4Cl)=NC3=O)cc12. The molecule has 0 atom stereocenters. The van der Waals surface area contributed by atoms with Crippen molar-refractivity contribution >= 4 is 74.5 Å². The molecule has 2 heterocycles. The smallest absolute Gasteiger partial charge is 0.286 e. The van der Waals surface area contributed by atoms with Crippen LogP contribution in [0.5, 0.6) is 0 Å². The molecule has 0 fully saturated rings. The minimum atomic E-state index is -0.344. The Labute approximate surface area is 168 Å². The molecule has 3 aromatic rings. The summed E-state index contributed by atoms with van der Waals surface area (Å²) < 4.78 is 0. The lowest BCUT2D eigenvalue weighted by Crippen LogP contribution is -2.05. The van der Waals surface area contributed by atoms with Crippen LogP contribution in [0.25, 0.3) is 17.0 Å². The van der Waals surface area contributed by atoms with Crippen LogP contribution in [0, 0.1) is 0 Å². The number of hydrogen-bond acceptors (Lipinski definition) is 6. The van der Waals surface area contributed by atoms with Gasteiger partial charge in [-0.25, -0.2) is 9.97 Å². The second-order valence-electron chi connectivity index (χ2n) is 5.59.